The van der Waals surface area contributed by atoms with Crippen LogP contribution in [0, 0.1) is 0 Å². The van der Waals surface area contributed by atoms with Crippen molar-refractivity contribution in [3.05, 3.63) is 45.6 Å². The highest BCUT2D eigenvalue weighted by Crippen LogP contribution is 2.24. The van der Waals surface area contributed by atoms with Crippen LogP contribution >= 0.6 is 22.7 Å². The van der Waals surface area contributed by atoms with Crippen molar-refractivity contribution in [1.82, 2.24) is 9.71 Å². The summed E-state index contributed by atoms with van der Waals surface area (Å²) in [4.78, 5) is 16.2. The number of rotatable bonds is 7. The van der Waals surface area contributed by atoms with E-state index in [0.29, 0.717) is 12.8 Å². The SMILES string of the molecule is COC(=O)c1sccc1S(=O)(=O)NCCCc1nc2ccccc2s1. The Morgan fingerprint density at radius 1 is 1.28 bits per heavy atom. The predicted octanol–water partition coefficient (Wildman–Crippen LogP) is 3.06. The molecule has 3 rings (SSSR count). The number of nitrogens with zero attached hydrogens (tertiary/aromatic N) is 1. The molecule has 3 aromatic rings. The first kappa shape index (κ1) is 18.0. The molecule has 0 saturated heterocycles. The lowest BCUT2D eigenvalue weighted by molar-refractivity contribution is 0.0602. The summed E-state index contributed by atoms with van der Waals surface area (Å²) in [5.74, 6) is -0.648. The molecule has 0 saturated carbocycles. The Hall–Kier alpha value is -1.81. The second-order valence-electron chi connectivity index (χ2n) is 5.18. The second kappa shape index (κ2) is 7.61. The number of para-hydroxylation sites is 1. The minimum Gasteiger partial charge on any atom is -0.465 e. The number of methoxy groups -OCH3 is 1. The summed E-state index contributed by atoms with van der Waals surface area (Å²) in [6.07, 6.45) is 1.31. The van der Waals surface area contributed by atoms with Crippen LogP contribution in [0.4, 0.5) is 0 Å². The quantitative estimate of drug-likeness (QED) is 0.490. The molecule has 1 N–H and O–H groups in total. The molecular weight excluding hydrogens is 380 g/mol. The number of nitrogens with one attached hydrogen (secondary N) is 1. The Morgan fingerprint density at radius 3 is 2.84 bits per heavy atom. The Morgan fingerprint density at radius 2 is 2.08 bits per heavy atom. The van der Waals surface area contributed by atoms with Crippen molar-refractivity contribution in [3.8, 4) is 0 Å². The fourth-order valence-electron chi connectivity index (χ4n) is 2.30. The highest BCUT2D eigenvalue weighted by Gasteiger charge is 2.24. The number of benzene rings is 1. The largest absolute Gasteiger partial charge is 0.465 e. The minimum atomic E-state index is -3.74. The van der Waals surface area contributed by atoms with E-state index in [1.165, 1.54) is 13.2 Å². The molecule has 6 nitrogen and oxygen atoms in total. The maximum atomic E-state index is 12.4. The average molecular weight is 397 g/mol. The first-order valence-corrected chi connectivity index (χ1v) is 10.7. The van der Waals surface area contributed by atoms with Crippen molar-refractivity contribution in [2.75, 3.05) is 13.7 Å². The summed E-state index contributed by atoms with van der Waals surface area (Å²) in [6.45, 7) is 0.273. The van der Waals surface area contributed by atoms with Crippen molar-refractivity contribution >= 4 is 48.9 Å². The number of thiazole rings is 1. The van der Waals surface area contributed by atoms with Gasteiger partial charge in [-0.05, 0) is 30.0 Å². The van der Waals surface area contributed by atoms with E-state index in [4.69, 9.17) is 0 Å². The third-order valence-corrected chi connectivity index (χ3v) is 7.11. The molecule has 132 valence electrons. The lowest BCUT2D eigenvalue weighted by Crippen LogP contribution is -2.26. The van der Waals surface area contributed by atoms with E-state index in [2.05, 4.69) is 14.4 Å². The standard InChI is InChI=1S/C16H16N2O4S3/c1-22-16(19)15-13(8-10-23-15)25(20,21)17-9-4-7-14-18-11-5-2-3-6-12(11)24-14/h2-3,5-6,8,10,17H,4,7,9H2,1H3. The van der Waals surface area contributed by atoms with Crippen LogP contribution in [0.2, 0.25) is 0 Å². The molecule has 0 bridgehead atoms. The van der Waals surface area contributed by atoms with Gasteiger partial charge in [0.25, 0.3) is 0 Å². The summed E-state index contributed by atoms with van der Waals surface area (Å²) in [6, 6.07) is 9.30. The molecule has 9 heteroatoms. The summed E-state index contributed by atoms with van der Waals surface area (Å²) in [5, 5.41) is 2.54. The predicted molar refractivity (Wildman–Crippen MR) is 98.8 cm³/mol. The number of carbonyl (C=O) groups is 1. The number of ether oxygens (including phenoxy) is 1. The fraction of sp³-hybridized carbons (Fsp3) is 0.250. The number of esters is 1. The van der Waals surface area contributed by atoms with Gasteiger partial charge in [0, 0.05) is 13.0 Å². The summed E-state index contributed by atoms with van der Waals surface area (Å²) in [7, 11) is -2.51. The van der Waals surface area contributed by atoms with Crippen LogP contribution in [0.15, 0.2) is 40.6 Å². The van der Waals surface area contributed by atoms with Gasteiger partial charge in [-0.25, -0.2) is 22.9 Å². The van der Waals surface area contributed by atoms with E-state index >= 15 is 0 Å². The molecular formula is C16H16N2O4S3. The average Bonchev–Trinajstić information content (AvgIpc) is 3.24. The molecule has 2 heterocycles. The lowest BCUT2D eigenvalue weighted by Gasteiger charge is -2.06. The molecule has 0 spiro atoms. The monoisotopic (exact) mass is 396 g/mol. The zero-order chi connectivity index (χ0) is 17.9. The number of carbonyl (C=O) groups excluding carboxylic acids is 1. The van der Waals surface area contributed by atoms with Gasteiger partial charge in [0.05, 0.1) is 22.3 Å². The van der Waals surface area contributed by atoms with Crippen LogP contribution in [0.1, 0.15) is 21.1 Å². The zero-order valence-corrected chi connectivity index (χ0v) is 15.8. The van der Waals surface area contributed by atoms with Crippen molar-refractivity contribution in [1.29, 1.82) is 0 Å². The van der Waals surface area contributed by atoms with Gasteiger partial charge < -0.3 is 4.74 Å². The third-order valence-electron chi connectivity index (χ3n) is 3.49. The molecule has 2 aromatic heterocycles. The number of hydrogen-bond donors (Lipinski definition) is 1. The summed E-state index contributed by atoms with van der Waals surface area (Å²) >= 11 is 2.66. The smallest absolute Gasteiger partial charge is 0.349 e. The molecule has 0 fully saturated rings. The normalized spacial score (nSPS) is 11.7. The van der Waals surface area contributed by atoms with E-state index in [1.54, 1.807) is 16.7 Å². The van der Waals surface area contributed by atoms with Gasteiger partial charge in [-0.3, -0.25) is 0 Å². The molecule has 25 heavy (non-hydrogen) atoms. The van der Waals surface area contributed by atoms with Crippen LogP contribution in [0.5, 0.6) is 0 Å². The summed E-state index contributed by atoms with van der Waals surface area (Å²) in [5.41, 5.74) is 0.962. The molecule has 1 aromatic carbocycles. The molecule has 0 aliphatic carbocycles. The molecule has 0 amide bonds. The Kier molecular flexibility index (Phi) is 5.48. The molecule has 0 aliphatic heterocycles. The Balaban J connectivity index is 1.59. The van der Waals surface area contributed by atoms with Crippen LogP contribution in [0.3, 0.4) is 0 Å². The topological polar surface area (TPSA) is 85.4 Å². The van der Waals surface area contributed by atoms with Gasteiger partial charge in [0.1, 0.15) is 9.77 Å². The van der Waals surface area contributed by atoms with Gasteiger partial charge >= 0.3 is 5.97 Å². The van der Waals surface area contributed by atoms with Gasteiger partial charge in [-0.15, -0.1) is 22.7 Å². The van der Waals surface area contributed by atoms with Crippen LogP contribution < -0.4 is 4.72 Å². The van der Waals surface area contributed by atoms with Crippen LogP contribution in [-0.4, -0.2) is 33.0 Å². The Labute approximate surface area is 153 Å². The summed E-state index contributed by atoms with van der Waals surface area (Å²) < 4.78 is 33.0. The fourth-order valence-corrected chi connectivity index (χ4v) is 5.72. The van der Waals surface area contributed by atoms with Crippen molar-refractivity contribution in [2.45, 2.75) is 17.7 Å². The van der Waals surface area contributed by atoms with Gasteiger partial charge in [-0.1, -0.05) is 12.1 Å². The van der Waals surface area contributed by atoms with Crippen molar-refractivity contribution < 1.29 is 17.9 Å². The molecule has 0 aliphatic rings. The first-order chi connectivity index (χ1) is 12.0. The number of sulfonamides is 1. The third kappa shape index (κ3) is 4.06. The number of hydrogen-bond acceptors (Lipinski definition) is 7. The van der Waals surface area contributed by atoms with Crippen LogP contribution in [0.25, 0.3) is 10.2 Å². The zero-order valence-electron chi connectivity index (χ0n) is 13.4. The van der Waals surface area contributed by atoms with Gasteiger partial charge in [0.15, 0.2) is 0 Å². The van der Waals surface area contributed by atoms with E-state index in [1.807, 2.05) is 24.3 Å². The molecule has 0 radical (unpaired) electrons. The highest BCUT2D eigenvalue weighted by atomic mass is 32.2. The molecule has 0 atom stereocenters. The van der Waals surface area contributed by atoms with E-state index in [0.717, 1.165) is 26.6 Å². The maximum absolute atomic E-state index is 12.4. The molecule has 0 unspecified atom stereocenters. The number of thiophene rings is 1. The first-order valence-electron chi connectivity index (χ1n) is 7.51. The van der Waals surface area contributed by atoms with E-state index < -0.39 is 16.0 Å². The highest BCUT2D eigenvalue weighted by molar-refractivity contribution is 7.89. The Bertz CT molecular complexity index is 959. The van der Waals surface area contributed by atoms with E-state index in [9.17, 15) is 13.2 Å². The van der Waals surface area contributed by atoms with Crippen LogP contribution in [-0.2, 0) is 21.2 Å². The maximum Gasteiger partial charge on any atom is 0.349 e. The number of fused-ring (bicyclic) bond motifs is 1. The second-order valence-corrected chi connectivity index (χ2v) is 8.95. The lowest BCUT2D eigenvalue weighted by atomic mass is 10.3. The van der Waals surface area contributed by atoms with Crippen molar-refractivity contribution in [3.63, 3.8) is 0 Å². The van der Waals surface area contributed by atoms with Gasteiger partial charge in [0.2, 0.25) is 10.0 Å². The van der Waals surface area contributed by atoms with Gasteiger partial charge in [-0.2, -0.15) is 0 Å². The van der Waals surface area contributed by atoms with Crippen molar-refractivity contribution in [2.24, 2.45) is 0 Å². The number of aromatic nitrogens is 1. The minimum absolute atomic E-state index is 0.0377. The number of aryl methyl sites for hydroxylation is 1. The van der Waals surface area contributed by atoms with E-state index in [-0.39, 0.29) is 16.3 Å².